The van der Waals surface area contributed by atoms with Crippen LogP contribution in [0, 0.1) is 11.6 Å². The van der Waals surface area contributed by atoms with E-state index < -0.39 is 26.6 Å². The molecule has 1 aromatic rings. The third kappa shape index (κ3) is 2.65. The van der Waals surface area contributed by atoms with Crippen molar-refractivity contribution in [1.29, 1.82) is 0 Å². The third-order valence-electron chi connectivity index (χ3n) is 2.89. The Balaban J connectivity index is 2.33. The second-order valence-electron chi connectivity index (χ2n) is 4.15. The van der Waals surface area contributed by atoms with Gasteiger partial charge in [-0.2, -0.15) is 4.31 Å². The highest BCUT2D eigenvalue weighted by atomic mass is 35.5. The van der Waals surface area contributed by atoms with Crippen molar-refractivity contribution in [2.24, 2.45) is 0 Å². The molecule has 1 aromatic carbocycles. The second kappa shape index (κ2) is 5.11. The van der Waals surface area contributed by atoms with Crippen molar-refractivity contribution in [3.05, 3.63) is 29.8 Å². The number of hydrogen-bond donors (Lipinski definition) is 0. The Labute approximate surface area is 109 Å². The van der Waals surface area contributed by atoms with E-state index in [9.17, 15) is 17.2 Å². The lowest BCUT2D eigenvalue weighted by Gasteiger charge is -2.28. The standard InChI is InChI=1S/C11H12ClF2NO2S/c12-8-3-5-15(6-4-8)18(16,17)11-7-9(13)1-2-10(11)14/h1-2,7-8H,3-6H2. The quantitative estimate of drug-likeness (QED) is 0.786. The lowest BCUT2D eigenvalue weighted by molar-refractivity contribution is 0.348. The van der Waals surface area contributed by atoms with Crippen molar-refractivity contribution >= 4 is 21.6 Å². The van der Waals surface area contributed by atoms with E-state index in [0.29, 0.717) is 18.9 Å². The summed E-state index contributed by atoms with van der Waals surface area (Å²) in [6.07, 6.45) is 1.02. The van der Waals surface area contributed by atoms with Crippen LogP contribution in [0.3, 0.4) is 0 Å². The summed E-state index contributed by atoms with van der Waals surface area (Å²) in [4.78, 5) is -0.615. The van der Waals surface area contributed by atoms with Gasteiger partial charge in [-0.1, -0.05) is 0 Å². The third-order valence-corrected chi connectivity index (χ3v) is 5.24. The average Bonchev–Trinajstić information content (AvgIpc) is 2.32. The van der Waals surface area contributed by atoms with Crippen LogP contribution in [0.25, 0.3) is 0 Å². The van der Waals surface area contributed by atoms with Gasteiger partial charge in [0.25, 0.3) is 0 Å². The Bertz CT molecular complexity index is 542. The van der Waals surface area contributed by atoms with E-state index in [1.807, 2.05) is 0 Å². The first-order chi connectivity index (χ1) is 8.41. The molecule has 1 fully saturated rings. The molecule has 7 heteroatoms. The first kappa shape index (κ1) is 13.7. The lowest BCUT2D eigenvalue weighted by Crippen LogP contribution is -2.39. The number of nitrogens with zero attached hydrogens (tertiary/aromatic N) is 1. The van der Waals surface area contributed by atoms with Gasteiger partial charge in [-0.05, 0) is 31.0 Å². The SMILES string of the molecule is O=S(=O)(c1cc(F)ccc1F)N1CCC(Cl)CC1. The molecule has 1 aliphatic heterocycles. The molecule has 0 aromatic heterocycles. The van der Waals surface area contributed by atoms with E-state index in [4.69, 9.17) is 11.6 Å². The largest absolute Gasteiger partial charge is 0.246 e. The highest BCUT2D eigenvalue weighted by Crippen LogP contribution is 2.25. The van der Waals surface area contributed by atoms with Gasteiger partial charge in [-0.15, -0.1) is 11.6 Å². The number of halogens is 3. The zero-order valence-corrected chi connectivity index (χ0v) is 11.0. The predicted molar refractivity (Wildman–Crippen MR) is 64.0 cm³/mol. The van der Waals surface area contributed by atoms with E-state index in [1.54, 1.807) is 0 Å². The van der Waals surface area contributed by atoms with Crippen molar-refractivity contribution < 1.29 is 17.2 Å². The number of sulfonamides is 1. The van der Waals surface area contributed by atoms with Crippen LogP contribution in [-0.2, 0) is 10.0 Å². The summed E-state index contributed by atoms with van der Waals surface area (Å²) in [5.74, 6) is -1.72. The Hall–Kier alpha value is -0.720. The fourth-order valence-corrected chi connectivity index (χ4v) is 3.62. The molecule has 1 saturated heterocycles. The molecule has 0 saturated carbocycles. The zero-order valence-electron chi connectivity index (χ0n) is 9.44. The summed E-state index contributed by atoms with van der Waals surface area (Å²) in [6.45, 7) is 0.457. The van der Waals surface area contributed by atoms with Gasteiger partial charge in [0.15, 0.2) is 0 Å². The molecule has 2 rings (SSSR count). The minimum Gasteiger partial charge on any atom is -0.207 e. The minimum absolute atomic E-state index is 0.0613. The highest BCUT2D eigenvalue weighted by Gasteiger charge is 2.31. The van der Waals surface area contributed by atoms with Crippen LogP contribution in [0.4, 0.5) is 8.78 Å². The minimum atomic E-state index is -3.98. The number of hydrogen-bond acceptors (Lipinski definition) is 2. The summed E-state index contributed by atoms with van der Waals surface area (Å²) in [5.41, 5.74) is 0. The maximum Gasteiger partial charge on any atom is 0.246 e. The van der Waals surface area contributed by atoms with Gasteiger partial charge >= 0.3 is 0 Å². The van der Waals surface area contributed by atoms with E-state index in [0.717, 1.165) is 16.4 Å². The highest BCUT2D eigenvalue weighted by molar-refractivity contribution is 7.89. The van der Waals surface area contributed by atoms with Gasteiger partial charge < -0.3 is 0 Å². The molecule has 1 aliphatic rings. The fourth-order valence-electron chi connectivity index (χ4n) is 1.88. The van der Waals surface area contributed by atoms with Crippen molar-refractivity contribution in [3.63, 3.8) is 0 Å². The van der Waals surface area contributed by atoms with Crippen LogP contribution in [-0.4, -0.2) is 31.2 Å². The fraction of sp³-hybridized carbons (Fsp3) is 0.455. The number of piperidine rings is 1. The summed E-state index contributed by atoms with van der Waals surface area (Å²) in [5, 5.41) is -0.0613. The Morgan fingerprint density at radius 3 is 2.44 bits per heavy atom. The number of alkyl halides is 1. The van der Waals surface area contributed by atoms with Crippen LogP contribution >= 0.6 is 11.6 Å². The zero-order chi connectivity index (χ0) is 13.3. The van der Waals surface area contributed by atoms with E-state index in [-0.39, 0.29) is 18.5 Å². The molecule has 0 radical (unpaired) electrons. The van der Waals surface area contributed by atoms with Crippen LogP contribution in [0.5, 0.6) is 0 Å². The molecule has 0 aliphatic carbocycles. The molecular formula is C11H12ClF2NO2S. The van der Waals surface area contributed by atoms with E-state index >= 15 is 0 Å². The molecule has 0 N–H and O–H groups in total. The van der Waals surface area contributed by atoms with Crippen LogP contribution in [0.2, 0.25) is 0 Å². The summed E-state index contributed by atoms with van der Waals surface area (Å²) in [6, 6.07) is 2.41. The van der Waals surface area contributed by atoms with Crippen LogP contribution in [0.1, 0.15) is 12.8 Å². The smallest absolute Gasteiger partial charge is 0.207 e. The van der Waals surface area contributed by atoms with Crippen molar-refractivity contribution in [3.8, 4) is 0 Å². The Kier molecular flexibility index (Phi) is 3.89. The van der Waals surface area contributed by atoms with Gasteiger partial charge in [0.2, 0.25) is 10.0 Å². The van der Waals surface area contributed by atoms with Gasteiger partial charge in [0.1, 0.15) is 16.5 Å². The molecule has 100 valence electrons. The van der Waals surface area contributed by atoms with Crippen molar-refractivity contribution in [2.75, 3.05) is 13.1 Å². The molecule has 3 nitrogen and oxygen atoms in total. The number of benzene rings is 1. The van der Waals surface area contributed by atoms with Crippen LogP contribution < -0.4 is 0 Å². The lowest BCUT2D eigenvalue weighted by atomic mass is 10.2. The van der Waals surface area contributed by atoms with Crippen LogP contribution in [0.15, 0.2) is 23.1 Å². The van der Waals surface area contributed by atoms with Gasteiger partial charge in [0, 0.05) is 18.5 Å². The van der Waals surface area contributed by atoms with Crippen molar-refractivity contribution in [1.82, 2.24) is 4.31 Å². The average molecular weight is 296 g/mol. The summed E-state index contributed by atoms with van der Waals surface area (Å²) < 4.78 is 52.0. The van der Waals surface area contributed by atoms with Crippen molar-refractivity contribution in [2.45, 2.75) is 23.1 Å². The maximum atomic E-state index is 13.5. The topological polar surface area (TPSA) is 37.4 Å². The van der Waals surface area contributed by atoms with Gasteiger partial charge in [-0.3, -0.25) is 0 Å². The normalized spacial score (nSPS) is 19.1. The Morgan fingerprint density at radius 1 is 1.22 bits per heavy atom. The number of rotatable bonds is 2. The molecule has 0 bridgehead atoms. The van der Waals surface area contributed by atoms with Gasteiger partial charge in [0.05, 0.1) is 0 Å². The molecular weight excluding hydrogens is 284 g/mol. The summed E-state index contributed by atoms with van der Waals surface area (Å²) in [7, 11) is -3.98. The molecule has 18 heavy (non-hydrogen) atoms. The second-order valence-corrected chi connectivity index (χ2v) is 6.68. The van der Waals surface area contributed by atoms with E-state index in [1.165, 1.54) is 0 Å². The molecule has 1 heterocycles. The Morgan fingerprint density at radius 2 is 1.83 bits per heavy atom. The monoisotopic (exact) mass is 295 g/mol. The molecule has 0 spiro atoms. The molecule has 0 amide bonds. The summed E-state index contributed by atoms with van der Waals surface area (Å²) >= 11 is 5.88. The molecule has 0 atom stereocenters. The first-order valence-electron chi connectivity index (χ1n) is 5.50. The predicted octanol–water partition coefficient (Wildman–Crippen LogP) is 2.36. The maximum absolute atomic E-state index is 13.5. The molecule has 0 unspecified atom stereocenters. The van der Waals surface area contributed by atoms with Gasteiger partial charge in [-0.25, -0.2) is 17.2 Å². The first-order valence-corrected chi connectivity index (χ1v) is 7.38. The van der Waals surface area contributed by atoms with E-state index in [2.05, 4.69) is 0 Å².